The Morgan fingerprint density at radius 3 is 1.69 bits per heavy atom. The zero-order chi connectivity index (χ0) is 12.0. The van der Waals surface area contributed by atoms with Gasteiger partial charge in [0.15, 0.2) is 0 Å². The van der Waals surface area contributed by atoms with E-state index in [-0.39, 0.29) is 0 Å². The van der Waals surface area contributed by atoms with E-state index in [2.05, 4.69) is 0 Å². The molecule has 0 atom stereocenters. The Bertz CT molecular complexity index is 177. The van der Waals surface area contributed by atoms with Gasteiger partial charge in [-0.15, -0.1) is 0 Å². The molecule has 0 aromatic carbocycles. The van der Waals surface area contributed by atoms with Crippen LogP contribution >= 0.6 is 0 Å². The highest BCUT2D eigenvalue weighted by atomic mass is 16.5. The minimum Gasteiger partial charge on any atom is -0.390 e. The van der Waals surface area contributed by atoms with Crippen LogP contribution in [0, 0.1) is 5.92 Å². The molecule has 0 amide bonds. The van der Waals surface area contributed by atoms with Gasteiger partial charge in [-0.3, -0.25) is 0 Å². The molecule has 3 heteroatoms. The summed E-state index contributed by atoms with van der Waals surface area (Å²) < 4.78 is 0. The maximum absolute atomic E-state index is 9.64. The molecule has 3 nitrogen and oxygen atoms in total. The molecule has 1 aliphatic carbocycles. The topological polar surface area (TPSA) is 43.7 Å². The molecule has 2 fully saturated rings. The Morgan fingerprint density at radius 1 is 0.938 bits per heavy atom. The molecule has 2 N–H and O–H groups in total. The minimum absolute atomic E-state index is 0.430. The predicted octanol–water partition coefficient (Wildman–Crippen LogP) is 2.81. The van der Waals surface area contributed by atoms with Crippen LogP contribution in [0.4, 0.5) is 0 Å². The SMILES string of the molecule is CC(C)(O)C1CCCCC1.ON1CCCC1. The molecule has 2 rings (SSSR count). The van der Waals surface area contributed by atoms with Crippen LogP contribution in [0.15, 0.2) is 0 Å². The molecular weight excluding hydrogens is 202 g/mol. The lowest BCUT2D eigenvalue weighted by Crippen LogP contribution is -2.32. The van der Waals surface area contributed by atoms with E-state index >= 15 is 0 Å². The standard InChI is InChI=1S/C9H18O.C4H9NO/c1-9(2,10)8-6-4-3-5-7-8;6-5-3-1-2-4-5/h8,10H,3-7H2,1-2H3;6H,1-4H2. The van der Waals surface area contributed by atoms with Gasteiger partial charge in [0.2, 0.25) is 0 Å². The molecule has 0 aromatic rings. The second-order valence-electron chi connectivity index (χ2n) is 5.65. The Morgan fingerprint density at radius 2 is 1.44 bits per heavy atom. The van der Waals surface area contributed by atoms with Gasteiger partial charge in [-0.25, -0.2) is 0 Å². The molecule has 0 spiro atoms. The molecule has 0 unspecified atom stereocenters. The zero-order valence-electron chi connectivity index (χ0n) is 10.8. The van der Waals surface area contributed by atoms with Crippen LogP contribution < -0.4 is 0 Å². The number of nitrogens with zero attached hydrogens (tertiary/aromatic N) is 1. The summed E-state index contributed by atoms with van der Waals surface area (Å²) in [6.45, 7) is 5.62. The largest absolute Gasteiger partial charge is 0.390 e. The maximum Gasteiger partial charge on any atom is 0.0619 e. The van der Waals surface area contributed by atoms with Crippen LogP contribution in [0.3, 0.4) is 0 Å². The fraction of sp³-hybridized carbons (Fsp3) is 1.00. The molecule has 0 radical (unpaired) electrons. The molecule has 1 saturated carbocycles. The lowest BCUT2D eigenvalue weighted by Gasteiger charge is -2.32. The van der Waals surface area contributed by atoms with E-state index in [0.717, 1.165) is 25.9 Å². The fourth-order valence-corrected chi connectivity index (χ4v) is 2.51. The van der Waals surface area contributed by atoms with E-state index in [0.29, 0.717) is 5.92 Å². The first-order chi connectivity index (χ1) is 7.50. The molecule has 2 aliphatic rings. The third kappa shape index (κ3) is 5.28. The van der Waals surface area contributed by atoms with Gasteiger partial charge in [-0.05, 0) is 45.4 Å². The molecule has 1 aliphatic heterocycles. The summed E-state index contributed by atoms with van der Waals surface area (Å²) >= 11 is 0. The quantitative estimate of drug-likeness (QED) is 0.726. The van der Waals surface area contributed by atoms with Crippen LogP contribution in [-0.4, -0.2) is 34.1 Å². The Hall–Kier alpha value is -0.120. The van der Waals surface area contributed by atoms with Crippen molar-refractivity contribution in [2.75, 3.05) is 13.1 Å². The Balaban J connectivity index is 0.000000181. The minimum atomic E-state index is -0.430. The normalized spacial score (nSPS) is 24.0. The summed E-state index contributed by atoms with van der Waals surface area (Å²) in [7, 11) is 0. The van der Waals surface area contributed by atoms with Gasteiger partial charge in [0.1, 0.15) is 0 Å². The van der Waals surface area contributed by atoms with Gasteiger partial charge in [0.25, 0.3) is 0 Å². The van der Waals surface area contributed by atoms with E-state index in [1.54, 1.807) is 0 Å². The Kier molecular flexibility index (Phi) is 5.73. The van der Waals surface area contributed by atoms with Crippen molar-refractivity contribution < 1.29 is 10.3 Å². The number of hydroxylamine groups is 2. The summed E-state index contributed by atoms with van der Waals surface area (Å²) in [6.07, 6.45) is 8.77. The Labute approximate surface area is 99.4 Å². The van der Waals surface area contributed by atoms with Gasteiger partial charge in [0.05, 0.1) is 5.60 Å². The highest BCUT2D eigenvalue weighted by molar-refractivity contribution is 4.79. The first-order valence-electron chi connectivity index (χ1n) is 6.66. The van der Waals surface area contributed by atoms with Gasteiger partial charge in [0, 0.05) is 13.1 Å². The molecular formula is C13H27NO2. The lowest BCUT2D eigenvalue weighted by atomic mass is 9.79. The maximum atomic E-state index is 9.64. The van der Waals surface area contributed by atoms with Gasteiger partial charge < -0.3 is 10.3 Å². The van der Waals surface area contributed by atoms with E-state index in [1.165, 1.54) is 37.2 Å². The average molecular weight is 229 g/mol. The summed E-state index contributed by atoms with van der Waals surface area (Å²) in [5.74, 6) is 0.557. The van der Waals surface area contributed by atoms with E-state index in [4.69, 9.17) is 5.21 Å². The second kappa shape index (κ2) is 6.58. The molecule has 0 aromatic heterocycles. The van der Waals surface area contributed by atoms with Crippen molar-refractivity contribution in [3.8, 4) is 0 Å². The van der Waals surface area contributed by atoms with Gasteiger partial charge in [-0.2, -0.15) is 5.06 Å². The molecule has 0 bridgehead atoms. The molecule has 16 heavy (non-hydrogen) atoms. The van der Waals surface area contributed by atoms with E-state index in [1.807, 2.05) is 13.8 Å². The van der Waals surface area contributed by atoms with E-state index in [9.17, 15) is 5.11 Å². The molecule has 1 heterocycles. The van der Waals surface area contributed by atoms with Crippen LogP contribution in [0.5, 0.6) is 0 Å². The van der Waals surface area contributed by atoms with E-state index < -0.39 is 5.60 Å². The average Bonchev–Trinajstić information content (AvgIpc) is 2.70. The van der Waals surface area contributed by atoms with Crippen molar-refractivity contribution in [1.29, 1.82) is 0 Å². The third-order valence-electron chi connectivity index (χ3n) is 3.69. The first-order valence-corrected chi connectivity index (χ1v) is 6.66. The molecule has 96 valence electrons. The number of hydrogen-bond acceptors (Lipinski definition) is 3. The first kappa shape index (κ1) is 13.9. The second-order valence-corrected chi connectivity index (χ2v) is 5.65. The van der Waals surface area contributed by atoms with Gasteiger partial charge in [-0.1, -0.05) is 19.3 Å². The lowest BCUT2D eigenvalue weighted by molar-refractivity contribution is -0.0678. The smallest absolute Gasteiger partial charge is 0.0619 e. The monoisotopic (exact) mass is 229 g/mol. The zero-order valence-corrected chi connectivity index (χ0v) is 10.8. The summed E-state index contributed by atoms with van der Waals surface area (Å²) in [5.41, 5.74) is -0.430. The van der Waals surface area contributed by atoms with Crippen molar-refractivity contribution in [2.24, 2.45) is 5.92 Å². The van der Waals surface area contributed by atoms with Crippen molar-refractivity contribution in [3.05, 3.63) is 0 Å². The van der Waals surface area contributed by atoms with Crippen molar-refractivity contribution in [2.45, 2.75) is 64.4 Å². The summed E-state index contributed by atoms with van der Waals surface area (Å²) in [5, 5.41) is 19.6. The summed E-state index contributed by atoms with van der Waals surface area (Å²) in [4.78, 5) is 0. The van der Waals surface area contributed by atoms with Crippen molar-refractivity contribution in [3.63, 3.8) is 0 Å². The van der Waals surface area contributed by atoms with Gasteiger partial charge >= 0.3 is 0 Å². The highest BCUT2D eigenvalue weighted by Gasteiger charge is 2.27. The number of hydrogen-bond donors (Lipinski definition) is 2. The number of aliphatic hydroxyl groups is 1. The number of rotatable bonds is 1. The fourth-order valence-electron chi connectivity index (χ4n) is 2.51. The summed E-state index contributed by atoms with van der Waals surface area (Å²) in [6, 6.07) is 0. The van der Waals surface area contributed by atoms with Crippen LogP contribution in [0.25, 0.3) is 0 Å². The van der Waals surface area contributed by atoms with Crippen molar-refractivity contribution >= 4 is 0 Å². The van der Waals surface area contributed by atoms with Crippen LogP contribution in [0.1, 0.15) is 58.8 Å². The third-order valence-corrected chi connectivity index (χ3v) is 3.69. The predicted molar refractivity (Wildman–Crippen MR) is 65.5 cm³/mol. The van der Waals surface area contributed by atoms with Crippen LogP contribution in [-0.2, 0) is 0 Å². The molecule has 1 saturated heterocycles. The highest BCUT2D eigenvalue weighted by Crippen LogP contribution is 2.31. The van der Waals surface area contributed by atoms with Crippen molar-refractivity contribution in [1.82, 2.24) is 5.06 Å². The van der Waals surface area contributed by atoms with Crippen LogP contribution in [0.2, 0.25) is 0 Å².